The fourth-order valence-electron chi connectivity index (χ4n) is 5.47. The largest absolute Gasteiger partial charge is 0.383 e. The molecule has 0 saturated heterocycles. The molecule has 0 aliphatic heterocycles. The molecule has 9 heteroatoms. The maximum atomic E-state index is 12.6. The maximum absolute atomic E-state index is 12.6. The van der Waals surface area contributed by atoms with Crippen LogP contribution in [0.5, 0.6) is 0 Å². The molecule has 9 nitrogen and oxygen atoms in total. The van der Waals surface area contributed by atoms with Crippen molar-refractivity contribution in [3.05, 3.63) is 72.1 Å². The molecule has 1 fully saturated rings. The van der Waals surface area contributed by atoms with E-state index in [4.69, 9.17) is 5.73 Å². The summed E-state index contributed by atoms with van der Waals surface area (Å²) < 4.78 is 0. The Balaban J connectivity index is 1.12. The summed E-state index contributed by atoms with van der Waals surface area (Å²) in [7, 11) is 0. The van der Waals surface area contributed by atoms with E-state index in [1.807, 2.05) is 24.3 Å². The highest BCUT2D eigenvalue weighted by Crippen LogP contribution is 2.32. The van der Waals surface area contributed by atoms with Crippen molar-refractivity contribution in [1.82, 2.24) is 25.5 Å². The van der Waals surface area contributed by atoms with Crippen LogP contribution in [0.2, 0.25) is 0 Å². The first kappa shape index (κ1) is 29.0. The normalized spacial score (nSPS) is 13.9. The molecule has 3 aromatic heterocycles. The number of aromatic nitrogens is 4. The molecule has 0 unspecified atom stereocenters. The molecular weight excluding hydrogens is 526 g/mol. The highest BCUT2D eigenvalue weighted by Gasteiger charge is 2.16. The molecule has 1 aliphatic carbocycles. The van der Waals surface area contributed by atoms with Gasteiger partial charge in [-0.25, -0.2) is 9.97 Å². The van der Waals surface area contributed by atoms with Gasteiger partial charge in [0.05, 0.1) is 11.1 Å². The molecule has 3 heterocycles. The number of nitrogens with zero attached hydrogens (tertiary/aromatic N) is 3. The average molecular weight is 566 g/mol. The van der Waals surface area contributed by atoms with Gasteiger partial charge in [0.1, 0.15) is 17.2 Å². The SMILES string of the molecule is Nc1ncc(/C=C/CCCCCCC(=O)NC2CCCCC2)c2n[nH]c(-c3ccc(C(=O)Nc4ccccn4)cc3)c12. The Morgan fingerprint density at radius 2 is 1.79 bits per heavy atom. The third kappa shape index (κ3) is 7.60. The fraction of sp³-hybridized carbons (Fsp3) is 0.364. The monoisotopic (exact) mass is 565 g/mol. The molecule has 42 heavy (non-hydrogen) atoms. The molecule has 1 aromatic carbocycles. The summed E-state index contributed by atoms with van der Waals surface area (Å²) in [5.41, 5.74) is 10.1. The van der Waals surface area contributed by atoms with Gasteiger partial charge in [-0.15, -0.1) is 0 Å². The molecule has 0 radical (unpaired) electrons. The van der Waals surface area contributed by atoms with Crippen LogP contribution in [0, 0.1) is 0 Å². The number of nitrogens with two attached hydrogens (primary N) is 1. The van der Waals surface area contributed by atoms with E-state index in [0.717, 1.165) is 72.7 Å². The van der Waals surface area contributed by atoms with Crippen molar-refractivity contribution in [2.24, 2.45) is 0 Å². The number of carbonyl (C=O) groups is 2. The lowest BCUT2D eigenvalue weighted by Gasteiger charge is -2.22. The summed E-state index contributed by atoms with van der Waals surface area (Å²) >= 11 is 0. The molecule has 1 aliphatic rings. The Morgan fingerprint density at radius 3 is 2.57 bits per heavy atom. The molecule has 0 atom stereocenters. The van der Waals surface area contributed by atoms with Crippen LogP contribution in [0.25, 0.3) is 28.2 Å². The van der Waals surface area contributed by atoms with Crippen molar-refractivity contribution in [2.45, 2.75) is 76.7 Å². The van der Waals surface area contributed by atoms with E-state index in [0.29, 0.717) is 29.7 Å². The number of hydrogen-bond donors (Lipinski definition) is 4. The van der Waals surface area contributed by atoms with Gasteiger partial charge < -0.3 is 16.4 Å². The van der Waals surface area contributed by atoms with Gasteiger partial charge in [0, 0.05) is 41.5 Å². The number of rotatable bonds is 12. The van der Waals surface area contributed by atoms with Crippen molar-refractivity contribution < 1.29 is 9.59 Å². The third-order valence-corrected chi connectivity index (χ3v) is 7.77. The van der Waals surface area contributed by atoms with Crippen LogP contribution in [0.3, 0.4) is 0 Å². The summed E-state index contributed by atoms with van der Waals surface area (Å²) in [6, 6.07) is 13.0. The van der Waals surface area contributed by atoms with Gasteiger partial charge in [0.15, 0.2) is 0 Å². The second kappa shape index (κ2) is 14.4. The van der Waals surface area contributed by atoms with E-state index in [9.17, 15) is 9.59 Å². The molecular formula is C33H39N7O2. The Hall–Kier alpha value is -4.53. The van der Waals surface area contributed by atoms with Crippen molar-refractivity contribution >= 4 is 40.4 Å². The molecule has 5 rings (SSSR count). The number of H-pyrrole nitrogens is 1. The first-order chi connectivity index (χ1) is 20.6. The van der Waals surface area contributed by atoms with Gasteiger partial charge in [-0.1, -0.05) is 62.5 Å². The molecule has 5 N–H and O–H groups in total. The first-order valence-electron chi connectivity index (χ1n) is 15.0. The summed E-state index contributed by atoms with van der Waals surface area (Å²) in [4.78, 5) is 33.3. The predicted octanol–water partition coefficient (Wildman–Crippen LogP) is 6.66. The number of fused-ring (bicyclic) bond motifs is 1. The number of carbonyl (C=O) groups excluding carboxylic acids is 2. The smallest absolute Gasteiger partial charge is 0.256 e. The predicted molar refractivity (Wildman–Crippen MR) is 168 cm³/mol. The maximum Gasteiger partial charge on any atom is 0.256 e. The van der Waals surface area contributed by atoms with Gasteiger partial charge in [-0.2, -0.15) is 5.10 Å². The van der Waals surface area contributed by atoms with E-state index < -0.39 is 0 Å². The summed E-state index contributed by atoms with van der Waals surface area (Å²) in [6.07, 6.45) is 19.3. The van der Waals surface area contributed by atoms with Crippen LogP contribution in [0.15, 0.2) is 60.9 Å². The fourth-order valence-corrected chi connectivity index (χ4v) is 5.47. The van der Waals surface area contributed by atoms with Gasteiger partial charge >= 0.3 is 0 Å². The van der Waals surface area contributed by atoms with Crippen molar-refractivity contribution in [3.8, 4) is 11.3 Å². The Kier molecular flexibility index (Phi) is 9.93. The second-order valence-corrected chi connectivity index (χ2v) is 10.9. The summed E-state index contributed by atoms with van der Waals surface area (Å²) in [6.45, 7) is 0. The summed E-state index contributed by atoms with van der Waals surface area (Å²) in [5.74, 6) is 0.876. The zero-order valence-electron chi connectivity index (χ0n) is 23.9. The van der Waals surface area contributed by atoms with E-state index in [1.165, 1.54) is 19.3 Å². The van der Waals surface area contributed by atoms with Crippen molar-refractivity contribution in [3.63, 3.8) is 0 Å². The number of allylic oxidation sites excluding steroid dienone is 1. The molecule has 2 amide bonds. The Labute approximate surface area is 246 Å². The number of benzene rings is 1. The zero-order chi connectivity index (χ0) is 29.1. The minimum absolute atomic E-state index is 0.210. The van der Waals surface area contributed by atoms with Gasteiger partial charge in [-0.3, -0.25) is 14.7 Å². The summed E-state index contributed by atoms with van der Waals surface area (Å²) in [5, 5.41) is 14.4. The van der Waals surface area contributed by atoms with Gasteiger partial charge in [-0.05, 0) is 56.4 Å². The third-order valence-electron chi connectivity index (χ3n) is 7.77. The number of hydrogen-bond acceptors (Lipinski definition) is 6. The lowest BCUT2D eigenvalue weighted by molar-refractivity contribution is -0.122. The Morgan fingerprint density at radius 1 is 0.976 bits per heavy atom. The van der Waals surface area contributed by atoms with E-state index in [-0.39, 0.29) is 11.8 Å². The van der Waals surface area contributed by atoms with Crippen molar-refractivity contribution in [2.75, 3.05) is 11.1 Å². The second-order valence-electron chi connectivity index (χ2n) is 10.9. The molecule has 0 spiro atoms. The average Bonchev–Trinajstić information content (AvgIpc) is 3.47. The van der Waals surface area contributed by atoms with Crippen molar-refractivity contribution in [1.29, 1.82) is 0 Å². The topological polar surface area (TPSA) is 139 Å². The van der Waals surface area contributed by atoms with E-state index in [2.05, 4.69) is 36.9 Å². The number of anilines is 2. The zero-order valence-corrected chi connectivity index (χ0v) is 23.9. The lowest BCUT2D eigenvalue weighted by atomic mass is 9.95. The molecule has 1 saturated carbocycles. The van der Waals surface area contributed by atoms with E-state index >= 15 is 0 Å². The number of pyridine rings is 2. The van der Waals surface area contributed by atoms with Crippen LogP contribution in [-0.4, -0.2) is 38.0 Å². The number of nitrogen functional groups attached to an aromatic ring is 1. The minimum atomic E-state index is -0.233. The van der Waals surface area contributed by atoms with Crippen LogP contribution in [0.4, 0.5) is 11.6 Å². The van der Waals surface area contributed by atoms with Crippen LogP contribution >= 0.6 is 0 Å². The van der Waals surface area contributed by atoms with Gasteiger partial charge in [0.2, 0.25) is 5.91 Å². The highest BCUT2D eigenvalue weighted by atomic mass is 16.2. The lowest BCUT2D eigenvalue weighted by Crippen LogP contribution is -2.35. The number of unbranched alkanes of at least 4 members (excludes halogenated alkanes) is 4. The Bertz CT molecular complexity index is 1510. The minimum Gasteiger partial charge on any atom is -0.383 e. The highest BCUT2D eigenvalue weighted by molar-refractivity contribution is 6.05. The van der Waals surface area contributed by atoms with Crippen LogP contribution in [0.1, 0.15) is 86.6 Å². The van der Waals surface area contributed by atoms with E-state index in [1.54, 1.807) is 36.7 Å². The van der Waals surface area contributed by atoms with Crippen LogP contribution in [-0.2, 0) is 4.79 Å². The quantitative estimate of drug-likeness (QED) is 0.142. The molecule has 218 valence electrons. The van der Waals surface area contributed by atoms with Crippen LogP contribution < -0.4 is 16.4 Å². The molecule has 4 aromatic rings. The first-order valence-corrected chi connectivity index (χ1v) is 15.0. The number of aromatic amines is 1. The number of nitrogens with one attached hydrogen (secondary N) is 3. The molecule has 0 bridgehead atoms. The number of amides is 2. The standard InChI is InChI=1S/C33H39N7O2/c34-32-29-30(23-17-19-24(20-18-23)33(42)38-27-15-10-11-21-35-27)39-40-31(29)25(22-36-32)12-6-3-1-2-4-9-16-28(41)37-26-13-7-5-8-14-26/h6,10-12,15,17-22,26H,1-5,7-9,13-14,16H2,(H2,34,36)(H,37,41)(H,39,40)(H,35,38,42)/b12-6+. The van der Waals surface area contributed by atoms with Gasteiger partial charge in [0.25, 0.3) is 5.91 Å².